The second-order valence-corrected chi connectivity index (χ2v) is 7.19. The average molecular weight is 367 g/mol. The molecule has 5 heteroatoms. The number of hydrogen-bond acceptors (Lipinski definition) is 4. The number of carbonyl (C=O) groups excluding carboxylic acids is 1. The van der Waals surface area contributed by atoms with Gasteiger partial charge >= 0.3 is 0 Å². The summed E-state index contributed by atoms with van der Waals surface area (Å²) < 4.78 is 5.39. The molecule has 0 aliphatic carbocycles. The minimum atomic E-state index is -0.0363. The van der Waals surface area contributed by atoms with Crippen molar-refractivity contribution in [3.05, 3.63) is 59.7 Å². The Kier molecular flexibility index (Phi) is 6.35. The molecule has 1 fully saturated rings. The van der Waals surface area contributed by atoms with Gasteiger partial charge in [-0.1, -0.05) is 18.2 Å². The minimum absolute atomic E-state index is 0.0363. The van der Waals surface area contributed by atoms with E-state index in [0.29, 0.717) is 12.1 Å². The molecular formula is C22H29N3O2. The molecule has 0 aromatic heterocycles. The van der Waals surface area contributed by atoms with Crippen LogP contribution >= 0.6 is 0 Å². The topological polar surface area (TPSA) is 44.8 Å². The quantitative estimate of drug-likeness (QED) is 0.815. The maximum absolute atomic E-state index is 12.7. The van der Waals surface area contributed by atoms with Crippen LogP contribution in [0.25, 0.3) is 0 Å². The molecule has 2 aromatic carbocycles. The summed E-state index contributed by atoms with van der Waals surface area (Å²) in [4.78, 5) is 17.2. The number of methoxy groups -OCH3 is 1. The third kappa shape index (κ3) is 4.80. The first-order valence-electron chi connectivity index (χ1n) is 9.52. The molecule has 1 N–H and O–H groups in total. The lowest BCUT2D eigenvalue weighted by Gasteiger charge is -2.28. The van der Waals surface area contributed by atoms with Gasteiger partial charge in [-0.3, -0.25) is 9.69 Å². The number of ether oxygens (including phenoxy) is 1. The Labute approximate surface area is 161 Å². The van der Waals surface area contributed by atoms with Gasteiger partial charge in [0, 0.05) is 31.9 Å². The van der Waals surface area contributed by atoms with Crippen LogP contribution in [0.3, 0.4) is 0 Å². The van der Waals surface area contributed by atoms with Gasteiger partial charge < -0.3 is 15.0 Å². The molecular weight excluding hydrogens is 338 g/mol. The Morgan fingerprint density at radius 3 is 2.59 bits per heavy atom. The summed E-state index contributed by atoms with van der Waals surface area (Å²) in [5.41, 5.74) is 2.89. The Balaban J connectivity index is 1.74. The smallest absolute Gasteiger partial charge is 0.251 e. The highest BCUT2D eigenvalue weighted by Crippen LogP contribution is 2.27. The standard InChI is InChI=1S/C22H29N3O2/c1-24(2)19-10-6-9-18(14-19)22(26)23-16-21(25-12-4-5-13-25)17-8-7-11-20(15-17)27-3/h6-11,14-15,21H,4-5,12-13,16H2,1-3H3,(H,23,26). The highest BCUT2D eigenvalue weighted by molar-refractivity contribution is 5.95. The second-order valence-electron chi connectivity index (χ2n) is 7.19. The maximum Gasteiger partial charge on any atom is 0.251 e. The number of rotatable bonds is 7. The molecule has 144 valence electrons. The van der Waals surface area contributed by atoms with Crippen molar-refractivity contribution in [1.29, 1.82) is 0 Å². The number of anilines is 1. The summed E-state index contributed by atoms with van der Waals surface area (Å²) in [5, 5.41) is 3.14. The van der Waals surface area contributed by atoms with E-state index in [9.17, 15) is 4.79 Å². The van der Waals surface area contributed by atoms with E-state index in [2.05, 4.69) is 22.3 Å². The molecule has 0 spiro atoms. The van der Waals surface area contributed by atoms with Crippen molar-refractivity contribution >= 4 is 11.6 Å². The zero-order valence-corrected chi connectivity index (χ0v) is 16.4. The summed E-state index contributed by atoms with van der Waals surface area (Å²) in [6.07, 6.45) is 2.42. The van der Waals surface area contributed by atoms with Crippen LogP contribution in [0.5, 0.6) is 5.75 Å². The Hall–Kier alpha value is -2.53. The highest BCUT2D eigenvalue weighted by Gasteiger charge is 2.24. The Morgan fingerprint density at radius 2 is 1.89 bits per heavy atom. The van der Waals surface area contributed by atoms with E-state index in [4.69, 9.17) is 4.74 Å². The molecule has 3 rings (SSSR count). The zero-order chi connectivity index (χ0) is 19.2. The zero-order valence-electron chi connectivity index (χ0n) is 16.4. The van der Waals surface area contributed by atoms with E-state index in [1.807, 2.05) is 55.4 Å². The van der Waals surface area contributed by atoms with Crippen molar-refractivity contribution in [3.8, 4) is 5.75 Å². The largest absolute Gasteiger partial charge is 0.497 e. The van der Waals surface area contributed by atoms with Crippen LogP contribution in [0.1, 0.15) is 34.8 Å². The molecule has 2 aromatic rings. The molecule has 0 saturated carbocycles. The van der Waals surface area contributed by atoms with Crippen LogP contribution in [0.15, 0.2) is 48.5 Å². The van der Waals surface area contributed by atoms with Crippen LogP contribution < -0.4 is 15.0 Å². The molecule has 1 aliphatic heterocycles. The number of carbonyl (C=O) groups is 1. The lowest BCUT2D eigenvalue weighted by atomic mass is 10.0. The van der Waals surface area contributed by atoms with Crippen LogP contribution in [0, 0.1) is 0 Å². The number of nitrogens with one attached hydrogen (secondary N) is 1. The number of benzene rings is 2. The van der Waals surface area contributed by atoms with E-state index in [-0.39, 0.29) is 11.9 Å². The minimum Gasteiger partial charge on any atom is -0.497 e. The third-order valence-corrected chi connectivity index (χ3v) is 5.14. The fraction of sp³-hybridized carbons (Fsp3) is 0.409. The van der Waals surface area contributed by atoms with Crippen molar-refractivity contribution in [3.63, 3.8) is 0 Å². The Morgan fingerprint density at radius 1 is 1.15 bits per heavy atom. The Bertz CT molecular complexity index is 770. The SMILES string of the molecule is COc1cccc(C(CNC(=O)c2cccc(N(C)C)c2)N2CCCC2)c1. The molecule has 0 bridgehead atoms. The molecule has 0 radical (unpaired) electrons. The van der Waals surface area contributed by atoms with Crippen molar-refractivity contribution < 1.29 is 9.53 Å². The van der Waals surface area contributed by atoms with Gasteiger partial charge in [-0.15, -0.1) is 0 Å². The predicted molar refractivity (Wildman–Crippen MR) is 110 cm³/mol. The van der Waals surface area contributed by atoms with Gasteiger partial charge in [0.15, 0.2) is 0 Å². The summed E-state index contributed by atoms with van der Waals surface area (Å²) in [6, 6.07) is 16.0. The third-order valence-electron chi connectivity index (χ3n) is 5.14. The van der Waals surface area contributed by atoms with Crippen molar-refractivity contribution in [2.45, 2.75) is 18.9 Å². The van der Waals surface area contributed by atoms with Gasteiger partial charge in [-0.2, -0.15) is 0 Å². The molecule has 1 saturated heterocycles. The first-order valence-corrected chi connectivity index (χ1v) is 9.52. The maximum atomic E-state index is 12.7. The van der Waals surface area contributed by atoms with E-state index < -0.39 is 0 Å². The van der Waals surface area contributed by atoms with Crippen LogP contribution in [0.4, 0.5) is 5.69 Å². The number of likely N-dealkylation sites (tertiary alicyclic amines) is 1. The lowest BCUT2D eigenvalue weighted by Crippen LogP contribution is -2.36. The molecule has 1 heterocycles. The van der Waals surface area contributed by atoms with Crippen molar-refractivity contribution in [2.75, 3.05) is 45.7 Å². The first kappa shape index (κ1) is 19.2. The van der Waals surface area contributed by atoms with E-state index in [0.717, 1.165) is 24.5 Å². The number of hydrogen-bond donors (Lipinski definition) is 1. The van der Waals surface area contributed by atoms with Crippen LogP contribution in [-0.2, 0) is 0 Å². The van der Waals surface area contributed by atoms with Gasteiger partial charge in [-0.05, 0) is 61.8 Å². The lowest BCUT2D eigenvalue weighted by molar-refractivity contribution is 0.0938. The summed E-state index contributed by atoms with van der Waals surface area (Å²) in [6.45, 7) is 2.71. The molecule has 27 heavy (non-hydrogen) atoms. The van der Waals surface area contributed by atoms with Crippen molar-refractivity contribution in [2.24, 2.45) is 0 Å². The normalized spacial score (nSPS) is 15.4. The van der Waals surface area contributed by atoms with Crippen LogP contribution in [-0.4, -0.2) is 51.6 Å². The van der Waals surface area contributed by atoms with Gasteiger partial charge in [0.2, 0.25) is 0 Å². The highest BCUT2D eigenvalue weighted by atomic mass is 16.5. The summed E-state index contributed by atoms with van der Waals surface area (Å²) >= 11 is 0. The second kappa shape index (κ2) is 8.91. The fourth-order valence-electron chi connectivity index (χ4n) is 3.58. The average Bonchev–Trinajstić information content (AvgIpc) is 3.22. The molecule has 1 amide bonds. The van der Waals surface area contributed by atoms with Gasteiger partial charge in [0.05, 0.1) is 13.2 Å². The van der Waals surface area contributed by atoms with Gasteiger partial charge in [0.25, 0.3) is 5.91 Å². The molecule has 5 nitrogen and oxygen atoms in total. The van der Waals surface area contributed by atoms with Gasteiger partial charge in [0.1, 0.15) is 5.75 Å². The van der Waals surface area contributed by atoms with E-state index >= 15 is 0 Å². The molecule has 1 atom stereocenters. The first-order chi connectivity index (χ1) is 13.1. The molecule has 1 unspecified atom stereocenters. The summed E-state index contributed by atoms with van der Waals surface area (Å²) in [5.74, 6) is 0.813. The van der Waals surface area contributed by atoms with Crippen LogP contribution in [0.2, 0.25) is 0 Å². The predicted octanol–water partition coefficient (Wildman–Crippen LogP) is 3.33. The summed E-state index contributed by atoms with van der Waals surface area (Å²) in [7, 11) is 5.63. The van der Waals surface area contributed by atoms with Gasteiger partial charge in [-0.25, -0.2) is 0 Å². The fourth-order valence-corrected chi connectivity index (χ4v) is 3.58. The molecule has 1 aliphatic rings. The number of nitrogens with zero attached hydrogens (tertiary/aromatic N) is 2. The number of amides is 1. The van der Waals surface area contributed by atoms with E-state index in [1.54, 1.807) is 7.11 Å². The monoisotopic (exact) mass is 367 g/mol. The van der Waals surface area contributed by atoms with E-state index in [1.165, 1.54) is 18.4 Å². The van der Waals surface area contributed by atoms with Crippen molar-refractivity contribution in [1.82, 2.24) is 10.2 Å².